The van der Waals surface area contributed by atoms with Gasteiger partial charge in [-0.15, -0.1) is 5.10 Å². The quantitative estimate of drug-likeness (QED) is 0.845. The van der Waals surface area contributed by atoms with Crippen molar-refractivity contribution >= 4 is 0 Å². The predicted octanol–water partition coefficient (Wildman–Crippen LogP) is 1.73. The topological polar surface area (TPSA) is 47.7 Å². The van der Waals surface area contributed by atoms with Crippen LogP contribution in [0.2, 0.25) is 0 Å². The minimum Gasteiger partial charge on any atom is -0.348 e. The Morgan fingerprint density at radius 2 is 2.17 bits per heavy atom. The Morgan fingerprint density at radius 3 is 2.78 bits per heavy atom. The van der Waals surface area contributed by atoms with Crippen LogP contribution in [0.4, 0.5) is 0 Å². The zero-order chi connectivity index (χ0) is 13.0. The van der Waals surface area contributed by atoms with E-state index in [-0.39, 0.29) is 0 Å². The van der Waals surface area contributed by atoms with E-state index in [1.807, 2.05) is 13.2 Å². The SMILES string of the molecule is CCNC(CC)c1ccn(Cc2cn(C)nn2)c1. The first-order chi connectivity index (χ1) is 8.72. The molecule has 18 heavy (non-hydrogen) atoms. The highest BCUT2D eigenvalue weighted by Gasteiger charge is 2.09. The van der Waals surface area contributed by atoms with Crippen LogP contribution in [0.1, 0.15) is 37.6 Å². The smallest absolute Gasteiger partial charge is 0.102 e. The Balaban J connectivity index is 2.05. The molecular weight excluding hydrogens is 226 g/mol. The second-order valence-electron chi connectivity index (χ2n) is 4.52. The maximum Gasteiger partial charge on any atom is 0.102 e. The molecule has 2 aromatic heterocycles. The van der Waals surface area contributed by atoms with Crippen LogP contribution >= 0.6 is 0 Å². The fourth-order valence-electron chi connectivity index (χ4n) is 2.16. The normalized spacial score (nSPS) is 12.8. The summed E-state index contributed by atoms with van der Waals surface area (Å²) in [6.07, 6.45) is 7.33. The molecule has 2 aromatic rings. The molecular formula is C13H21N5. The van der Waals surface area contributed by atoms with Crippen molar-refractivity contribution in [1.29, 1.82) is 0 Å². The van der Waals surface area contributed by atoms with Crippen molar-refractivity contribution in [3.8, 4) is 0 Å². The highest BCUT2D eigenvalue weighted by molar-refractivity contribution is 5.16. The van der Waals surface area contributed by atoms with Gasteiger partial charge >= 0.3 is 0 Å². The number of rotatable bonds is 6. The Kier molecular flexibility index (Phi) is 4.15. The van der Waals surface area contributed by atoms with Crippen molar-refractivity contribution in [3.05, 3.63) is 35.9 Å². The number of nitrogens with one attached hydrogen (secondary N) is 1. The lowest BCUT2D eigenvalue weighted by Crippen LogP contribution is -2.19. The van der Waals surface area contributed by atoms with Gasteiger partial charge in [-0.3, -0.25) is 4.68 Å². The maximum absolute atomic E-state index is 4.10. The molecule has 2 rings (SSSR count). The molecule has 0 aliphatic rings. The van der Waals surface area contributed by atoms with E-state index in [0.717, 1.165) is 25.2 Å². The highest BCUT2D eigenvalue weighted by Crippen LogP contribution is 2.17. The van der Waals surface area contributed by atoms with Crippen molar-refractivity contribution in [2.75, 3.05) is 6.54 Å². The van der Waals surface area contributed by atoms with E-state index in [1.165, 1.54) is 5.56 Å². The number of hydrogen-bond acceptors (Lipinski definition) is 3. The van der Waals surface area contributed by atoms with Gasteiger partial charge in [0.1, 0.15) is 5.69 Å². The summed E-state index contributed by atoms with van der Waals surface area (Å²) in [4.78, 5) is 0. The Morgan fingerprint density at radius 1 is 1.33 bits per heavy atom. The summed E-state index contributed by atoms with van der Waals surface area (Å²) in [5.41, 5.74) is 2.32. The first-order valence-electron chi connectivity index (χ1n) is 6.47. The molecule has 1 N–H and O–H groups in total. The van der Waals surface area contributed by atoms with Gasteiger partial charge in [0.15, 0.2) is 0 Å². The molecule has 0 saturated carbocycles. The average molecular weight is 247 g/mol. The lowest BCUT2D eigenvalue weighted by molar-refractivity contribution is 0.536. The van der Waals surface area contributed by atoms with Gasteiger partial charge < -0.3 is 9.88 Å². The van der Waals surface area contributed by atoms with E-state index in [0.29, 0.717) is 6.04 Å². The van der Waals surface area contributed by atoms with Gasteiger partial charge in [0.05, 0.1) is 6.54 Å². The number of aromatic nitrogens is 4. The first-order valence-corrected chi connectivity index (χ1v) is 6.47. The Hall–Kier alpha value is -1.62. The summed E-state index contributed by atoms with van der Waals surface area (Å²) < 4.78 is 3.88. The minimum absolute atomic E-state index is 0.443. The third-order valence-electron chi connectivity index (χ3n) is 3.03. The zero-order valence-electron chi connectivity index (χ0n) is 11.3. The number of nitrogens with zero attached hydrogens (tertiary/aromatic N) is 4. The van der Waals surface area contributed by atoms with E-state index >= 15 is 0 Å². The summed E-state index contributed by atoms with van der Waals surface area (Å²) in [5, 5.41) is 11.5. The molecule has 0 aliphatic carbocycles. The molecule has 5 heteroatoms. The molecule has 0 aliphatic heterocycles. The molecule has 1 unspecified atom stereocenters. The minimum atomic E-state index is 0.443. The van der Waals surface area contributed by atoms with E-state index < -0.39 is 0 Å². The van der Waals surface area contributed by atoms with Gasteiger partial charge in [-0.1, -0.05) is 19.1 Å². The summed E-state index contributed by atoms with van der Waals surface area (Å²) in [6.45, 7) is 6.11. The molecule has 0 bridgehead atoms. The van der Waals surface area contributed by atoms with Crippen molar-refractivity contribution in [2.24, 2.45) is 7.05 Å². The van der Waals surface area contributed by atoms with Crippen LogP contribution < -0.4 is 5.32 Å². The lowest BCUT2D eigenvalue weighted by atomic mass is 10.1. The molecule has 0 fully saturated rings. The largest absolute Gasteiger partial charge is 0.348 e. The van der Waals surface area contributed by atoms with Crippen LogP contribution in [0.25, 0.3) is 0 Å². The van der Waals surface area contributed by atoms with Gasteiger partial charge in [0.25, 0.3) is 0 Å². The second-order valence-corrected chi connectivity index (χ2v) is 4.52. The third kappa shape index (κ3) is 2.98. The molecule has 1 atom stereocenters. The van der Waals surface area contributed by atoms with Gasteiger partial charge in [0, 0.05) is 31.7 Å². The molecule has 0 aromatic carbocycles. The van der Waals surface area contributed by atoms with Crippen molar-refractivity contribution in [3.63, 3.8) is 0 Å². The zero-order valence-corrected chi connectivity index (χ0v) is 11.3. The van der Waals surface area contributed by atoms with Crippen molar-refractivity contribution in [2.45, 2.75) is 32.9 Å². The molecule has 5 nitrogen and oxygen atoms in total. The summed E-state index contributed by atoms with van der Waals surface area (Å²) in [6, 6.07) is 2.62. The van der Waals surface area contributed by atoms with Gasteiger partial charge in [-0.2, -0.15) is 0 Å². The van der Waals surface area contributed by atoms with Gasteiger partial charge in [-0.25, -0.2) is 0 Å². The average Bonchev–Trinajstić information content (AvgIpc) is 2.96. The molecule has 0 amide bonds. The van der Waals surface area contributed by atoms with Crippen LogP contribution in [0, 0.1) is 0 Å². The molecule has 2 heterocycles. The second kappa shape index (κ2) is 5.82. The molecule has 0 radical (unpaired) electrons. The first kappa shape index (κ1) is 12.8. The van der Waals surface area contributed by atoms with E-state index in [4.69, 9.17) is 0 Å². The van der Waals surface area contributed by atoms with Crippen LogP contribution in [0.3, 0.4) is 0 Å². The van der Waals surface area contributed by atoms with E-state index in [9.17, 15) is 0 Å². The van der Waals surface area contributed by atoms with Crippen LogP contribution in [0.15, 0.2) is 24.7 Å². The van der Waals surface area contributed by atoms with Crippen molar-refractivity contribution < 1.29 is 0 Å². The van der Waals surface area contributed by atoms with E-state index in [2.05, 4.69) is 52.5 Å². The standard InChI is InChI=1S/C13H21N5/c1-4-13(14-5-2)11-6-7-18(8-11)10-12-9-17(3)16-15-12/h6-9,13-14H,4-5,10H2,1-3H3. The summed E-state index contributed by atoms with van der Waals surface area (Å²) in [7, 11) is 1.88. The molecule has 0 saturated heterocycles. The van der Waals surface area contributed by atoms with Crippen LogP contribution in [0.5, 0.6) is 0 Å². The monoisotopic (exact) mass is 247 g/mol. The Labute approximate surface area is 108 Å². The number of aryl methyl sites for hydroxylation is 1. The highest BCUT2D eigenvalue weighted by atomic mass is 15.4. The van der Waals surface area contributed by atoms with Gasteiger partial charge in [0.2, 0.25) is 0 Å². The van der Waals surface area contributed by atoms with Crippen LogP contribution in [-0.2, 0) is 13.6 Å². The predicted molar refractivity (Wildman–Crippen MR) is 71.2 cm³/mol. The molecule has 98 valence electrons. The molecule has 0 spiro atoms. The third-order valence-corrected chi connectivity index (χ3v) is 3.03. The number of hydrogen-bond donors (Lipinski definition) is 1. The fourth-order valence-corrected chi connectivity index (χ4v) is 2.16. The lowest BCUT2D eigenvalue weighted by Gasteiger charge is -2.13. The summed E-state index contributed by atoms with van der Waals surface area (Å²) in [5.74, 6) is 0. The van der Waals surface area contributed by atoms with E-state index in [1.54, 1.807) is 4.68 Å². The maximum atomic E-state index is 4.10. The Bertz CT molecular complexity index is 485. The summed E-state index contributed by atoms with van der Waals surface area (Å²) >= 11 is 0. The van der Waals surface area contributed by atoms with Crippen LogP contribution in [-0.4, -0.2) is 26.1 Å². The van der Waals surface area contributed by atoms with Crippen molar-refractivity contribution in [1.82, 2.24) is 24.9 Å². The fraction of sp³-hybridized carbons (Fsp3) is 0.538. The van der Waals surface area contributed by atoms with Gasteiger partial charge in [-0.05, 0) is 24.6 Å².